The van der Waals surface area contributed by atoms with Gasteiger partial charge in [0.25, 0.3) is 0 Å². The van der Waals surface area contributed by atoms with Crippen molar-refractivity contribution >= 4 is 19.6 Å². The van der Waals surface area contributed by atoms with Crippen LogP contribution in [0.4, 0.5) is 0 Å². The van der Waals surface area contributed by atoms with Crippen molar-refractivity contribution in [2.45, 2.75) is 0 Å². The Morgan fingerprint density at radius 3 is 1.48 bits per heavy atom. The van der Waals surface area contributed by atoms with Crippen molar-refractivity contribution in [1.29, 1.82) is 0 Å². The van der Waals surface area contributed by atoms with E-state index in [0.29, 0.717) is 11.5 Å². The number of rotatable bonds is 8. The molecule has 0 saturated heterocycles. The van der Waals surface area contributed by atoms with E-state index in [9.17, 15) is 9.59 Å². The smallest absolute Gasteiger partial charge is 0.526 e. The number of carboxylic acids is 2. The number of carboxylic acid groups (broad SMARTS) is 2. The highest BCUT2D eigenvalue weighted by molar-refractivity contribution is 6.21. The third-order valence-electron chi connectivity index (χ3n) is 3.25. The second-order valence-corrected chi connectivity index (χ2v) is 4.75. The van der Waals surface area contributed by atoms with Gasteiger partial charge in [-0.15, -0.1) is 0 Å². The first-order valence-electron chi connectivity index (χ1n) is 7.04. The Morgan fingerprint density at radius 1 is 0.760 bits per heavy atom. The molecule has 0 amide bonds. The molecule has 0 saturated carbocycles. The van der Waals surface area contributed by atoms with Gasteiger partial charge in [-0.1, -0.05) is 0 Å². The molecule has 8 nitrogen and oxygen atoms in total. The molecule has 0 unspecified atom stereocenters. The summed E-state index contributed by atoms with van der Waals surface area (Å²) < 4.78 is 21.0. The molecule has 2 aromatic rings. The van der Waals surface area contributed by atoms with Gasteiger partial charge in [-0.3, -0.25) is 0 Å². The zero-order valence-corrected chi connectivity index (χ0v) is 13.5. The van der Waals surface area contributed by atoms with Gasteiger partial charge in [0.2, 0.25) is 0 Å². The minimum atomic E-state index is -1.11. The lowest BCUT2D eigenvalue weighted by atomic mass is 10.2. The molecule has 0 heterocycles. The summed E-state index contributed by atoms with van der Waals surface area (Å²) in [6, 6.07) is 8.29. The molecule has 0 bridgehead atoms. The van der Waals surface area contributed by atoms with Gasteiger partial charge in [0.15, 0.2) is 11.5 Å². The van der Waals surface area contributed by atoms with E-state index in [2.05, 4.69) is 0 Å². The minimum Gasteiger partial charge on any atom is -0.526 e. The van der Waals surface area contributed by atoms with Crippen LogP contribution in [0.15, 0.2) is 36.4 Å². The van der Waals surface area contributed by atoms with E-state index in [1.54, 1.807) is 0 Å². The monoisotopic (exact) mass is 346 g/mol. The van der Waals surface area contributed by atoms with Gasteiger partial charge < -0.3 is 29.0 Å². The van der Waals surface area contributed by atoms with E-state index in [0.717, 1.165) is 0 Å². The first kappa shape index (κ1) is 18.0. The molecule has 0 aliphatic heterocycles. The maximum atomic E-state index is 11.0. The number of benzene rings is 2. The molecule has 0 fully saturated rings. The summed E-state index contributed by atoms with van der Waals surface area (Å²) in [4.78, 5) is 22.1. The molecule has 2 aromatic carbocycles. The number of hydrogen-bond donors (Lipinski definition) is 2. The van der Waals surface area contributed by atoms with E-state index >= 15 is 0 Å². The van der Waals surface area contributed by atoms with Gasteiger partial charge in [0, 0.05) is 0 Å². The summed E-state index contributed by atoms with van der Waals surface area (Å²) >= 11 is 0. The Labute approximate surface area is 143 Å². The van der Waals surface area contributed by atoms with Crippen LogP contribution in [0.3, 0.4) is 0 Å². The van der Waals surface area contributed by atoms with Crippen LogP contribution in [0.25, 0.3) is 0 Å². The third kappa shape index (κ3) is 4.34. The Bertz CT molecular complexity index is 724. The van der Waals surface area contributed by atoms with Crippen molar-refractivity contribution in [1.82, 2.24) is 0 Å². The second-order valence-electron chi connectivity index (χ2n) is 4.75. The normalized spacial score (nSPS) is 9.84. The number of aromatic carboxylic acids is 2. The molecule has 0 aliphatic carbocycles. The lowest BCUT2D eigenvalue weighted by Gasteiger charge is -2.13. The molecule has 0 aromatic heterocycles. The van der Waals surface area contributed by atoms with Crippen molar-refractivity contribution in [2.75, 3.05) is 14.2 Å². The highest BCUT2D eigenvalue weighted by Crippen LogP contribution is 2.30. The van der Waals surface area contributed by atoms with Crippen LogP contribution in [0.5, 0.6) is 23.0 Å². The van der Waals surface area contributed by atoms with Gasteiger partial charge >= 0.3 is 19.6 Å². The van der Waals surface area contributed by atoms with Crippen molar-refractivity contribution < 1.29 is 38.6 Å². The molecule has 9 heteroatoms. The van der Waals surface area contributed by atoms with Crippen LogP contribution in [0, 0.1) is 0 Å². The Balaban J connectivity index is 2.15. The summed E-state index contributed by atoms with van der Waals surface area (Å²) in [5, 5.41) is 18.1. The van der Waals surface area contributed by atoms with Crippen LogP contribution >= 0.6 is 0 Å². The molecule has 0 spiro atoms. The lowest BCUT2D eigenvalue weighted by molar-refractivity contribution is 0.0686. The Hall–Kier alpha value is -3.36. The second kappa shape index (κ2) is 7.96. The van der Waals surface area contributed by atoms with Crippen molar-refractivity contribution in [3.05, 3.63) is 47.5 Å². The largest absolute Gasteiger partial charge is 0.576 e. The Kier molecular flexibility index (Phi) is 5.73. The predicted octanol–water partition coefficient (Wildman–Crippen LogP) is 1.82. The molecule has 130 valence electrons. The van der Waals surface area contributed by atoms with Crippen molar-refractivity contribution in [3.8, 4) is 23.0 Å². The standard InChI is InChI=1S/C16H15BO8/c1-22-11-5-3-9(15(18)19)7-13(11)24-17-25-14-8-10(16(20)21)4-6-12(14)23-2/h3-8,17H,1-2H3,(H,18,19)(H,20,21). The van der Waals surface area contributed by atoms with Crippen LogP contribution in [-0.2, 0) is 0 Å². The van der Waals surface area contributed by atoms with E-state index in [1.807, 2.05) is 0 Å². The van der Waals surface area contributed by atoms with Crippen LogP contribution in [-0.4, -0.2) is 44.1 Å². The van der Waals surface area contributed by atoms with E-state index < -0.39 is 11.9 Å². The first-order chi connectivity index (χ1) is 12.0. The van der Waals surface area contributed by atoms with E-state index in [4.69, 9.17) is 29.0 Å². The highest BCUT2D eigenvalue weighted by Gasteiger charge is 2.14. The van der Waals surface area contributed by atoms with Gasteiger partial charge in [-0.2, -0.15) is 0 Å². The molecule has 0 radical (unpaired) electrons. The number of ether oxygens (including phenoxy) is 2. The predicted molar refractivity (Wildman–Crippen MR) is 88.3 cm³/mol. The average molecular weight is 346 g/mol. The summed E-state index contributed by atoms with van der Waals surface area (Å²) in [7, 11) is 2.53. The summed E-state index contributed by atoms with van der Waals surface area (Å²) in [6.07, 6.45) is 0. The lowest BCUT2D eigenvalue weighted by Crippen LogP contribution is -2.13. The zero-order valence-electron chi connectivity index (χ0n) is 13.5. The Morgan fingerprint density at radius 2 is 1.16 bits per heavy atom. The van der Waals surface area contributed by atoms with E-state index in [1.165, 1.54) is 50.6 Å². The van der Waals surface area contributed by atoms with Crippen LogP contribution in [0.1, 0.15) is 20.7 Å². The fraction of sp³-hybridized carbons (Fsp3) is 0.125. The maximum Gasteiger partial charge on any atom is 0.576 e. The summed E-state index contributed by atoms with van der Waals surface area (Å²) in [5.74, 6) is -1.19. The zero-order chi connectivity index (χ0) is 18.4. The average Bonchev–Trinajstić information content (AvgIpc) is 2.61. The van der Waals surface area contributed by atoms with Crippen LogP contribution in [0.2, 0.25) is 0 Å². The van der Waals surface area contributed by atoms with Crippen molar-refractivity contribution in [2.24, 2.45) is 0 Å². The third-order valence-corrected chi connectivity index (χ3v) is 3.25. The number of carbonyl (C=O) groups is 2. The SMILES string of the molecule is COc1ccc(C(=O)O)cc1OBOc1cc(C(=O)O)ccc1OC. The van der Waals surface area contributed by atoms with Crippen LogP contribution < -0.4 is 18.8 Å². The maximum absolute atomic E-state index is 11.0. The molecule has 2 rings (SSSR count). The topological polar surface area (TPSA) is 112 Å². The minimum absolute atomic E-state index is 0.0289. The fourth-order valence-corrected chi connectivity index (χ4v) is 2.00. The van der Waals surface area contributed by atoms with Gasteiger partial charge in [-0.25, -0.2) is 9.59 Å². The molecular weight excluding hydrogens is 331 g/mol. The van der Waals surface area contributed by atoms with Gasteiger partial charge in [0.05, 0.1) is 25.3 Å². The molecular formula is C16H15BO8. The van der Waals surface area contributed by atoms with Crippen molar-refractivity contribution in [3.63, 3.8) is 0 Å². The number of hydrogen-bond acceptors (Lipinski definition) is 6. The van der Waals surface area contributed by atoms with Gasteiger partial charge in [0.1, 0.15) is 11.5 Å². The van der Waals surface area contributed by atoms with E-state index in [-0.39, 0.29) is 30.3 Å². The quantitative estimate of drug-likeness (QED) is 0.697. The molecule has 0 aliphatic rings. The summed E-state index contributed by atoms with van der Waals surface area (Å²) in [5.41, 5.74) is 0.0579. The van der Waals surface area contributed by atoms with Gasteiger partial charge in [-0.05, 0) is 36.4 Å². The highest BCUT2D eigenvalue weighted by atomic mass is 16.6. The summed E-state index contributed by atoms with van der Waals surface area (Å²) in [6.45, 7) is 0. The fourth-order valence-electron chi connectivity index (χ4n) is 2.00. The molecule has 0 atom stereocenters. The number of methoxy groups -OCH3 is 2. The first-order valence-corrected chi connectivity index (χ1v) is 7.04. The molecule has 2 N–H and O–H groups in total. The molecule has 25 heavy (non-hydrogen) atoms.